The van der Waals surface area contributed by atoms with Gasteiger partial charge in [-0.3, -0.25) is 4.68 Å². The van der Waals surface area contributed by atoms with Crippen LogP contribution in [0, 0.1) is 6.92 Å². The molecule has 1 unspecified atom stereocenters. The first-order valence-corrected chi connectivity index (χ1v) is 7.33. The van der Waals surface area contributed by atoms with E-state index in [0.29, 0.717) is 0 Å². The molecule has 1 atom stereocenters. The first kappa shape index (κ1) is 17.3. The zero-order valence-electron chi connectivity index (χ0n) is 12.9. The molecule has 1 heterocycles. The molecule has 0 saturated heterocycles. The minimum atomic E-state index is -4.44. The quantitative estimate of drug-likeness (QED) is 0.833. The Bertz CT molecular complexity index is 709. The van der Waals surface area contributed by atoms with Crippen molar-refractivity contribution < 1.29 is 13.2 Å². The second-order valence-corrected chi connectivity index (χ2v) is 5.62. The van der Waals surface area contributed by atoms with Gasteiger partial charge in [0, 0.05) is 18.8 Å². The molecule has 8 heteroatoms. The van der Waals surface area contributed by atoms with Crippen molar-refractivity contribution in [3.63, 3.8) is 0 Å². The number of thiocarbonyl (C=S) groups is 1. The monoisotopic (exact) mass is 342 g/mol. The van der Waals surface area contributed by atoms with Gasteiger partial charge in [0.2, 0.25) is 0 Å². The highest BCUT2D eigenvalue weighted by Gasteiger charge is 2.33. The van der Waals surface area contributed by atoms with E-state index in [1.54, 1.807) is 11.7 Å². The first-order valence-electron chi connectivity index (χ1n) is 6.92. The molecule has 1 aromatic heterocycles. The highest BCUT2D eigenvalue weighted by molar-refractivity contribution is 7.80. The summed E-state index contributed by atoms with van der Waals surface area (Å²) < 4.78 is 40.6. The van der Waals surface area contributed by atoms with E-state index in [1.165, 1.54) is 18.2 Å². The maximum Gasteiger partial charge on any atom is 0.418 e. The minimum absolute atomic E-state index is 0.0763. The Kier molecular flexibility index (Phi) is 4.93. The number of alkyl halides is 3. The number of halogens is 3. The van der Waals surface area contributed by atoms with E-state index in [2.05, 4.69) is 15.7 Å². The summed E-state index contributed by atoms with van der Waals surface area (Å²) in [6.45, 7) is 3.73. The number of aromatic nitrogens is 2. The largest absolute Gasteiger partial charge is 0.418 e. The Hall–Kier alpha value is -2.09. The van der Waals surface area contributed by atoms with E-state index in [4.69, 9.17) is 12.2 Å². The number of hydrogen-bond acceptors (Lipinski definition) is 2. The number of rotatable bonds is 3. The van der Waals surface area contributed by atoms with Gasteiger partial charge in [-0.15, -0.1) is 0 Å². The van der Waals surface area contributed by atoms with Crippen LogP contribution in [0.4, 0.5) is 18.9 Å². The van der Waals surface area contributed by atoms with Crippen LogP contribution in [0.5, 0.6) is 0 Å². The number of nitrogens with zero attached hydrogens (tertiary/aromatic N) is 2. The molecule has 0 aliphatic rings. The van der Waals surface area contributed by atoms with Gasteiger partial charge in [-0.1, -0.05) is 12.1 Å². The molecule has 124 valence electrons. The van der Waals surface area contributed by atoms with Gasteiger partial charge in [0.1, 0.15) is 0 Å². The van der Waals surface area contributed by atoms with Crippen LogP contribution in [0.2, 0.25) is 0 Å². The Morgan fingerprint density at radius 1 is 1.30 bits per heavy atom. The van der Waals surface area contributed by atoms with Crippen molar-refractivity contribution in [3.05, 3.63) is 47.3 Å². The molecule has 0 fully saturated rings. The van der Waals surface area contributed by atoms with E-state index < -0.39 is 11.7 Å². The fraction of sp³-hybridized carbons (Fsp3) is 0.333. The number of para-hydroxylation sites is 1. The normalized spacial score (nSPS) is 12.8. The Morgan fingerprint density at radius 2 is 1.96 bits per heavy atom. The molecule has 2 N–H and O–H groups in total. The number of hydrogen-bond donors (Lipinski definition) is 2. The number of benzene rings is 1. The number of nitrogens with one attached hydrogen (secondary N) is 2. The van der Waals surface area contributed by atoms with Gasteiger partial charge in [-0.2, -0.15) is 18.3 Å². The number of aryl methyl sites for hydroxylation is 2. The van der Waals surface area contributed by atoms with Gasteiger partial charge in [0.25, 0.3) is 0 Å². The summed E-state index contributed by atoms with van der Waals surface area (Å²) in [7, 11) is 1.80. The van der Waals surface area contributed by atoms with Gasteiger partial charge < -0.3 is 10.6 Å². The zero-order valence-corrected chi connectivity index (χ0v) is 13.7. The molecule has 23 heavy (non-hydrogen) atoms. The van der Waals surface area contributed by atoms with E-state index in [1.807, 2.05) is 20.0 Å². The van der Waals surface area contributed by atoms with Crippen molar-refractivity contribution in [2.45, 2.75) is 26.1 Å². The third-order valence-corrected chi connectivity index (χ3v) is 3.57. The summed E-state index contributed by atoms with van der Waals surface area (Å²) in [5.74, 6) is 0. The predicted molar refractivity (Wildman–Crippen MR) is 87.2 cm³/mol. The summed E-state index contributed by atoms with van der Waals surface area (Å²) in [4.78, 5) is 0. The SMILES string of the molecule is Cc1nn(C)cc1C(C)NC(=S)Nc1ccccc1C(F)(F)F. The lowest BCUT2D eigenvalue weighted by Gasteiger charge is -2.19. The van der Waals surface area contributed by atoms with E-state index in [-0.39, 0.29) is 16.8 Å². The molecule has 1 aromatic carbocycles. The lowest BCUT2D eigenvalue weighted by Crippen LogP contribution is -2.31. The molecule has 0 aliphatic carbocycles. The zero-order chi connectivity index (χ0) is 17.2. The molecular formula is C15H17F3N4S. The van der Waals surface area contributed by atoms with Gasteiger partial charge in [0.15, 0.2) is 5.11 Å². The molecule has 0 radical (unpaired) electrons. The van der Waals surface area contributed by atoms with Crippen LogP contribution in [0.15, 0.2) is 30.5 Å². The van der Waals surface area contributed by atoms with Crippen LogP contribution in [0.1, 0.15) is 29.8 Å². The minimum Gasteiger partial charge on any atom is -0.356 e. The third-order valence-electron chi connectivity index (χ3n) is 3.35. The van der Waals surface area contributed by atoms with Crippen molar-refractivity contribution in [1.82, 2.24) is 15.1 Å². The van der Waals surface area contributed by atoms with Crippen molar-refractivity contribution in [1.29, 1.82) is 0 Å². The maximum absolute atomic E-state index is 13.0. The van der Waals surface area contributed by atoms with Crippen molar-refractivity contribution in [3.8, 4) is 0 Å². The molecule has 0 amide bonds. The van der Waals surface area contributed by atoms with Crippen molar-refractivity contribution >= 4 is 23.0 Å². The van der Waals surface area contributed by atoms with E-state index in [9.17, 15) is 13.2 Å². The average Bonchev–Trinajstić information content (AvgIpc) is 2.77. The fourth-order valence-corrected chi connectivity index (χ4v) is 2.60. The summed E-state index contributed by atoms with van der Waals surface area (Å²) in [5, 5.41) is 9.95. The van der Waals surface area contributed by atoms with E-state index in [0.717, 1.165) is 17.3 Å². The molecule has 0 saturated carbocycles. The highest BCUT2D eigenvalue weighted by Crippen LogP contribution is 2.34. The summed E-state index contributed by atoms with van der Waals surface area (Å²) in [6.07, 6.45) is -2.59. The Morgan fingerprint density at radius 3 is 2.52 bits per heavy atom. The second-order valence-electron chi connectivity index (χ2n) is 5.21. The lowest BCUT2D eigenvalue weighted by atomic mass is 10.1. The summed E-state index contributed by atoms with van der Waals surface area (Å²) in [6, 6.07) is 5.04. The molecule has 2 rings (SSSR count). The van der Waals surface area contributed by atoms with Crippen LogP contribution in [0.25, 0.3) is 0 Å². The van der Waals surface area contributed by atoms with Gasteiger partial charge >= 0.3 is 6.18 Å². The smallest absolute Gasteiger partial charge is 0.356 e. The third kappa shape index (κ3) is 4.22. The molecule has 4 nitrogen and oxygen atoms in total. The van der Waals surface area contributed by atoms with Crippen LogP contribution in [-0.4, -0.2) is 14.9 Å². The van der Waals surface area contributed by atoms with Crippen LogP contribution < -0.4 is 10.6 Å². The molecule has 0 aliphatic heterocycles. The first-order chi connectivity index (χ1) is 10.7. The topological polar surface area (TPSA) is 41.9 Å². The van der Waals surface area contributed by atoms with Crippen LogP contribution in [0.3, 0.4) is 0 Å². The Labute approximate surface area is 137 Å². The molecular weight excluding hydrogens is 325 g/mol. The average molecular weight is 342 g/mol. The molecule has 0 bridgehead atoms. The molecule has 0 spiro atoms. The van der Waals surface area contributed by atoms with Crippen molar-refractivity contribution in [2.75, 3.05) is 5.32 Å². The molecule has 2 aromatic rings. The second kappa shape index (κ2) is 6.57. The lowest BCUT2D eigenvalue weighted by molar-refractivity contribution is -0.136. The standard InChI is InChI=1S/C15H17F3N4S/c1-9(11-8-22(3)21-10(11)2)19-14(23)20-13-7-5-4-6-12(13)15(16,17)18/h4-9H,1-3H3,(H2,19,20,23). The van der Waals surface area contributed by atoms with Gasteiger partial charge in [0.05, 0.1) is 23.0 Å². The Balaban J connectivity index is 2.10. The number of anilines is 1. The predicted octanol–water partition coefficient (Wildman–Crippen LogP) is 3.79. The summed E-state index contributed by atoms with van der Waals surface area (Å²) in [5.41, 5.74) is 0.939. The van der Waals surface area contributed by atoms with Crippen molar-refractivity contribution in [2.24, 2.45) is 7.05 Å². The maximum atomic E-state index is 13.0. The van der Waals surface area contributed by atoms with Gasteiger partial charge in [-0.05, 0) is 38.2 Å². The summed E-state index contributed by atoms with van der Waals surface area (Å²) >= 11 is 5.13. The highest BCUT2D eigenvalue weighted by atomic mass is 32.1. The fourth-order valence-electron chi connectivity index (χ4n) is 2.32. The van der Waals surface area contributed by atoms with Crippen LogP contribution >= 0.6 is 12.2 Å². The van der Waals surface area contributed by atoms with Crippen LogP contribution in [-0.2, 0) is 13.2 Å². The van der Waals surface area contributed by atoms with Gasteiger partial charge in [-0.25, -0.2) is 0 Å². The van der Waals surface area contributed by atoms with E-state index >= 15 is 0 Å².